The van der Waals surface area contributed by atoms with Crippen LogP contribution < -0.4 is 11.5 Å². The zero-order valence-electron chi connectivity index (χ0n) is 7.38. The number of hydrogen-bond donors (Lipinski definition) is 2. The fourth-order valence-corrected chi connectivity index (χ4v) is 1.06. The number of halogens is 3. The maximum atomic E-state index is 12.1. The van der Waals surface area contributed by atoms with Crippen molar-refractivity contribution in [2.45, 2.75) is 12.2 Å². The van der Waals surface area contributed by atoms with Crippen LogP contribution in [0.2, 0.25) is 0 Å². The summed E-state index contributed by atoms with van der Waals surface area (Å²) >= 11 is 0. The van der Waals surface area contributed by atoms with E-state index in [-0.39, 0.29) is 6.54 Å². The lowest BCUT2D eigenvalue weighted by molar-refractivity contribution is -0.137. The van der Waals surface area contributed by atoms with Crippen molar-refractivity contribution in [3.8, 4) is 0 Å². The molecule has 0 amide bonds. The van der Waals surface area contributed by atoms with Gasteiger partial charge in [-0.1, -0.05) is 12.1 Å². The van der Waals surface area contributed by atoms with E-state index in [2.05, 4.69) is 0 Å². The summed E-state index contributed by atoms with van der Waals surface area (Å²) in [7, 11) is 0. The van der Waals surface area contributed by atoms with Gasteiger partial charge in [-0.25, -0.2) is 0 Å². The van der Waals surface area contributed by atoms with E-state index in [0.29, 0.717) is 5.56 Å². The summed E-state index contributed by atoms with van der Waals surface area (Å²) in [6, 6.07) is 4.30. The molecule has 0 bridgehead atoms. The lowest BCUT2D eigenvalue weighted by Crippen LogP contribution is -2.20. The summed E-state index contributed by atoms with van der Waals surface area (Å²) in [6.07, 6.45) is -4.30. The van der Waals surface area contributed by atoms with Crippen LogP contribution in [0.25, 0.3) is 0 Å². The molecule has 1 aromatic carbocycles. The summed E-state index contributed by atoms with van der Waals surface area (Å²) in [5.74, 6) is 0. The highest BCUT2D eigenvalue weighted by Crippen LogP contribution is 2.29. The lowest BCUT2D eigenvalue weighted by atomic mass is 10.1. The number of benzene rings is 1. The third-order valence-corrected chi connectivity index (χ3v) is 1.92. The van der Waals surface area contributed by atoms with Crippen LogP contribution in [0.4, 0.5) is 13.2 Å². The van der Waals surface area contributed by atoms with Gasteiger partial charge < -0.3 is 11.5 Å². The molecule has 14 heavy (non-hydrogen) atoms. The zero-order chi connectivity index (χ0) is 10.8. The minimum atomic E-state index is -4.30. The molecule has 0 saturated heterocycles. The second-order valence-corrected chi connectivity index (χ2v) is 2.96. The van der Waals surface area contributed by atoms with E-state index in [1.165, 1.54) is 12.1 Å². The van der Waals surface area contributed by atoms with E-state index in [9.17, 15) is 13.2 Å². The predicted octanol–water partition coefficient (Wildman–Crippen LogP) is 1.66. The SMILES string of the molecule is NCC(N)c1ccc(C(F)(F)F)cc1. The fourth-order valence-electron chi connectivity index (χ4n) is 1.06. The Bertz CT molecular complexity index is 292. The van der Waals surface area contributed by atoms with Crippen LogP contribution in [0.15, 0.2) is 24.3 Å². The third kappa shape index (κ3) is 2.46. The molecule has 1 rings (SSSR count). The van der Waals surface area contributed by atoms with Crippen LogP contribution in [0, 0.1) is 0 Å². The number of rotatable bonds is 2. The minimum absolute atomic E-state index is 0.214. The minimum Gasteiger partial charge on any atom is -0.329 e. The van der Waals surface area contributed by atoms with Crippen molar-refractivity contribution >= 4 is 0 Å². The summed E-state index contributed by atoms with van der Waals surface area (Å²) < 4.78 is 36.4. The van der Waals surface area contributed by atoms with Gasteiger partial charge in [-0.2, -0.15) is 13.2 Å². The van der Waals surface area contributed by atoms with Crippen LogP contribution in [-0.2, 0) is 6.18 Å². The topological polar surface area (TPSA) is 52.0 Å². The van der Waals surface area contributed by atoms with Gasteiger partial charge in [0, 0.05) is 12.6 Å². The molecule has 0 aromatic heterocycles. The Morgan fingerprint density at radius 3 is 2.00 bits per heavy atom. The molecule has 1 aromatic rings. The van der Waals surface area contributed by atoms with Crippen LogP contribution >= 0.6 is 0 Å². The summed E-state index contributed by atoms with van der Waals surface area (Å²) in [5, 5.41) is 0. The Hall–Kier alpha value is -1.07. The van der Waals surface area contributed by atoms with Gasteiger partial charge >= 0.3 is 6.18 Å². The van der Waals surface area contributed by atoms with Crippen LogP contribution in [0.3, 0.4) is 0 Å². The fraction of sp³-hybridized carbons (Fsp3) is 0.333. The van der Waals surface area contributed by atoms with Gasteiger partial charge in [0.25, 0.3) is 0 Å². The van der Waals surface area contributed by atoms with E-state index in [1.807, 2.05) is 0 Å². The molecule has 0 radical (unpaired) electrons. The molecule has 0 spiro atoms. The van der Waals surface area contributed by atoms with E-state index in [0.717, 1.165) is 12.1 Å². The molecule has 78 valence electrons. The molecule has 0 saturated carbocycles. The third-order valence-electron chi connectivity index (χ3n) is 1.92. The number of alkyl halides is 3. The Morgan fingerprint density at radius 2 is 1.64 bits per heavy atom. The molecule has 0 aliphatic rings. The molecule has 0 aliphatic carbocycles. The maximum absolute atomic E-state index is 12.1. The summed E-state index contributed by atoms with van der Waals surface area (Å²) in [4.78, 5) is 0. The maximum Gasteiger partial charge on any atom is 0.416 e. The van der Waals surface area contributed by atoms with E-state index in [4.69, 9.17) is 11.5 Å². The molecule has 4 N–H and O–H groups in total. The Labute approximate surface area is 79.7 Å². The van der Waals surface area contributed by atoms with Gasteiger partial charge in [0.2, 0.25) is 0 Å². The van der Waals surface area contributed by atoms with Crippen LogP contribution in [0.1, 0.15) is 17.2 Å². The summed E-state index contributed by atoms with van der Waals surface area (Å²) in [5.41, 5.74) is 10.8. The molecule has 0 aliphatic heterocycles. The van der Waals surface area contributed by atoms with E-state index in [1.54, 1.807) is 0 Å². The van der Waals surface area contributed by atoms with Crippen molar-refractivity contribution in [1.29, 1.82) is 0 Å². The molecular formula is C9H11F3N2. The summed E-state index contributed by atoms with van der Waals surface area (Å²) in [6.45, 7) is 0.214. The standard InChI is InChI=1S/C9H11F3N2/c10-9(11,12)7-3-1-6(2-4-7)8(14)5-13/h1-4,8H,5,13-14H2. The molecule has 0 fully saturated rings. The van der Waals surface area contributed by atoms with Crippen molar-refractivity contribution < 1.29 is 13.2 Å². The van der Waals surface area contributed by atoms with Crippen molar-refractivity contribution in [1.82, 2.24) is 0 Å². The highest BCUT2D eigenvalue weighted by molar-refractivity contribution is 5.26. The highest BCUT2D eigenvalue weighted by Gasteiger charge is 2.30. The van der Waals surface area contributed by atoms with E-state index >= 15 is 0 Å². The van der Waals surface area contributed by atoms with Gasteiger partial charge in [-0.3, -0.25) is 0 Å². The van der Waals surface area contributed by atoms with Gasteiger partial charge in [0.15, 0.2) is 0 Å². The first-order valence-electron chi connectivity index (χ1n) is 4.08. The first-order valence-corrected chi connectivity index (χ1v) is 4.08. The van der Waals surface area contributed by atoms with Gasteiger partial charge in [0.1, 0.15) is 0 Å². The van der Waals surface area contributed by atoms with Gasteiger partial charge in [-0.05, 0) is 17.7 Å². The van der Waals surface area contributed by atoms with Crippen LogP contribution in [-0.4, -0.2) is 6.54 Å². The largest absolute Gasteiger partial charge is 0.416 e. The quantitative estimate of drug-likeness (QED) is 0.769. The lowest BCUT2D eigenvalue weighted by Gasteiger charge is -2.11. The first-order chi connectivity index (χ1) is 6.45. The average molecular weight is 204 g/mol. The molecule has 0 heterocycles. The molecular weight excluding hydrogens is 193 g/mol. The first kappa shape index (κ1) is 11.0. The Kier molecular flexibility index (Phi) is 3.13. The molecule has 1 unspecified atom stereocenters. The highest BCUT2D eigenvalue weighted by atomic mass is 19.4. The normalized spacial score (nSPS) is 14.1. The average Bonchev–Trinajstić information content (AvgIpc) is 2.15. The predicted molar refractivity (Wildman–Crippen MR) is 47.4 cm³/mol. The van der Waals surface area contributed by atoms with Crippen molar-refractivity contribution in [3.63, 3.8) is 0 Å². The monoisotopic (exact) mass is 204 g/mol. The molecule has 1 atom stereocenters. The van der Waals surface area contributed by atoms with Crippen molar-refractivity contribution in [2.24, 2.45) is 11.5 Å². The smallest absolute Gasteiger partial charge is 0.329 e. The number of nitrogens with two attached hydrogens (primary N) is 2. The number of hydrogen-bond acceptors (Lipinski definition) is 2. The van der Waals surface area contributed by atoms with Crippen molar-refractivity contribution in [3.05, 3.63) is 35.4 Å². The van der Waals surface area contributed by atoms with Crippen LogP contribution in [0.5, 0.6) is 0 Å². The second kappa shape index (κ2) is 3.98. The van der Waals surface area contributed by atoms with E-state index < -0.39 is 17.8 Å². The second-order valence-electron chi connectivity index (χ2n) is 2.96. The van der Waals surface area contributed by atoms with Gasteiger partial charge in [0.05, 0.1) is 5.56 Å². The molecule has 2 nitrogen and oxygen atoms in total. The zero-order valence-corrected chi connectivity index (χ0v) is 7.38. The van der Waals surface area contributed by atoms with Gasteiger partial charge in [-0.15, -0.1) is 0 Å². The molecule has 5 heteroatoms. The Balaban J connectivity index is 2.89. The van der Waals surface area contributed by atoms with Crippen molar-refractivity contribution in [2.75, 3.05) is 6.54 Å². The Morgan fingerprint density at radius 1 is 1.14 bits per heavy atom.